The molecule has 0 aliphatic carbocycles. The molecular formula is C16H20N4. The number of fused-ring (bicyclic) bond motifs is 1. The van der Waals surface area contributed by atoms with Gasteiger partial charge < -0.3 is 10.2 Å². The molecule has 2 aromatic rings. The minimum atomic E-state index is 0.762. The van der Waals surface area contributed by atoms with Crippen molar-refractivity contribution in [2.24, 2.45) is 0 Å². The molecule has 1 aromatic carbocycles. The summed E-state index contributed by atoms with van der Waals surface area (Å²) in [5, 5.41) is 5.91. The van der Waals surface area contributed by atoms with E-state index >= 15 is 0 Å². The summed E-state index contributed by atoms with van der Waals surface area (Å²) in [5.74, 6) is 1.15. The topological polar surface area (TPSA) is 31.4 Å². The van der Waals surface area contributed by atoms with E-state index < -0.39 is 0 Å². The molecule has 0 bridgehead atoms. The van der Waals surface area contributed by atoms with Crippen molar-refractivity contribution in [1.82, 2.24) is 15.2 Å². The summed E-state index contributed by atoms with van der Waals surface area (Å²) in [6, 6.07) is 11.4. The first kappa shape index (κ1) is 12.1. The lowest BCUT2D eigenvalue weighted by atomic mass is 10.1. The SMILES string of the molecule is c1ccc2c(N3CCN(C4CNC4)CC3)nccc2c1. The number of piperazine rings is 1. The average molecular weight is 268 g/mol. The number of anilines is 1. The largest absolute Gasteiger partial charge is 0.354 e. The number of benzene rings is 1. The Balaban J connectivity index is 1.55. The van der Waals surface area contributed by atoms with E-state index in [4.69, 9.17) is 0 Å². The van der Waals surface area contributed by atoms with Crippen molar-refractivity contribution in [3.8, 4) is 0 Å². The van der Waals surface area contributed by atoms with Gasteiger partial charge in [0, 0.05) is 56.9 Å². The zero-order chi connectivity index (χ0) is 13.4. The van der Waals surface area contributed by atoms with E-state index in [9.17, 15) is 0 Å². The molecule has 4 nitrogen and oxygen atoms in total. The van der Waals surface area contributed by atoms with Gasteiger partial charge in [-0.15, -0.1) is 0 Å². The molecule has 3 heterocycles. The minimum Gasteiger partial charge on any atom is -0.354 e. The average Bonchev–Trinajstić information content (AvgIpc) is 2.46. The monoisotopic (exact) mass is 268 g/mol. The summed E-state index contributed by atoms with van der Waals surface area (Å²) >= 11 is 0. The molecule has 4 heteroatoms. The number of hydrogen-bond donors (Lipinski definition) is 1. The van der Waals surface area contributed by atoms with Gasteiger partial charge in [0.2, 0.25) is 0 Å². The highest BCUT2D eigenvalue weighted by Crippen LogP contribution is 2.25. The van der Waals surface area contributed by atoms with Gasteiger partial charge in [-0.1, -0.05) is 24.3 Å². The fraction of sp³-hybridized carbons (Fsp3) is 0.438. The van der Waals surface area contributed by atoms with Crippen molar-refractivity contribution in [2.45, 2.75) is 6.04 Å². The summed E-state index contributed by atoms with van der Waals surface area (Å²) < 4.78 is 0. The van der Waals surface area contributed by atoms with Crippen molar-refractivity contribution in [2.75, 3.05) is 44.2 Å². The molecule has 0 saturated carbocycles. The van der Waals surface area contributed by atoms with E-state index in [0.29, 0.717) is 0 Å². The third kappa shape index (κ3) is 2.05. The van der Waals surface area contributed by atoms with Gasteiger partial charge in [-0.25, -0.2) is 4.98 Å². The molecule has 1 N–H and O–H groups in total. The highest BCUT2D eigenvalue weighted by Gasteiger charge is 2.28. The molecule has 104 valence electrons. The molecule has 2 aliphatic rings. The second-order valence-corrected chi connectivity index (χ2v) is 5.69. The number of hydrogen-bond acceptors (Lipinski definition) is 4. The number of pyridine rings is 1. The summed E-state index contributed by atoms with van der Waals surface area (Å²) in [6.07, 6.45) is 1.93. The molecule has 20 heavy (non-hydrogen) atoms. The van der Waals surface area contributed by atoms with E-state index in [0.717, 1.165) is 51.1 Å². The lowest BCUT2D eigenvalue weighted by molar-refractivity contribution is 0.138. The van der Waals surface area contributed by atoms with Crippen molar-refractivity contribution in [3.05, 3.63) is 36.5 Å². The van der Waals surface area contributed by atoms with Crippen LogP contribution < -0.4 is 10.2 Å². The van der Waals surface area contributed by atoms with Gasteiger partial charge in [0.15, 0.2) is 0 Å². The predicted octanol–water partition coefficient (Wildman–Crippen LogP) is 1.33. The van der Waals surface area contributed by atoms with Crippen LogP contribution in [0.5, 0.6) is 0 Å². The van der Waals surface area contributed by atoms with E-state index in [-0.39, 0.29) is 0 Å². The van der Waals surface area contributed by atoms with Crippen LogP contribution in [0.3, 0.4) is 0 Å². The molecule has 2 saturated heterocycles. The summed E-state index contributed by atoms with van der Waals surface area (Å²) in [5.41, 5.74) is 0. The van der Waals surface area contributed by atoms with E-state index in [1.807, 2.05) is 6.20 Å². The highest BCUT2D eigenvalue weighted by atomic mass is 15.3. The Morgan fingerprint density at radius 1 is 1.00 bits per heavy atom. The number of nitrogens with one attached hydrogen (secondary N) is 1. The molecule has 2 aliphatic heterocycles. The maximum Gasteiger partial charge on any atom is 0.136 e. The molecule has 0 atom stereocenters. The summed E-state index contributed by atoms with van der Waals surface area (Å²) in [4.78, 5) is 9.67. The van der Waals surface area contributed by atoms with Crippen LogP contribution in [-0.4, -0.2) is 55.2 Å². The number of aromatic nitrogens is 1. The van der Waals surface area contributed by atoms with Gasteiger partial charge in [0.1, 0.15) is 5.82 Å². The Morgan fingerprint density at radius 3 is 2.55 bits per heavy atom. The van der Waals surface area contributed by atoms with Gasteiger partial charge in [-0.05, 0) is 11.5 Å². The Kier molecular flexibility index (Phi) is 3.05. The van der Waals surface area contributed by atoms with Crippen LogP contribution in [0.4, 0.5) is 5.82 Å². The second-order valence-electron chi connectivity index (χ2n) is 5.69. The Morgan fingerprint density at radius 2 is 1.80 bits per heavy atom. The molecular weight excluding hydrogens is 248 g/mol. The first-order chi connectivity index (χ1) is 9.92. The van der Waals surface area contributed by atoms with Crippen molar-refractivity contribution >= 4 is 16.6 Å². The lowest BCUT2D eigenvalue weighted by Crippen LogP contribution is -2.61. The Hall–Kier alpha value is -1.65. The Bertz CT molecular complexity index is 595. The van der Waals surface area contributed by atoms with Crippen molar-refractivity contribution in [1.29, 1.82) is 0 Å². The van der Waals surface area contributed by atoms with Crippen molar-refractivity contribution < 1.29 is 0 Å². The fourth-order valence-electron chi connectivity index (χ4n) is 3.19. The first-order valence-corrected chi connectivity index (χ1v) is 7.45. The van der Waals surface area contributed by atoms with Gasteiger partial charge >= 0.3 is 0 Å². The second kappa shape index (κ2) is 5.04. The van der Waals surface area contributed by atoms with Crippen LogP contribution in [0.25, 0.3) is 10.8 Å². The molecule has 0 amide bonds. The van der Waals surface area contributed by atoms with Crippen LogP contribution in [0.1, 0.15) is 0 Å². The van der Waals surface area contributed by atoms with Crippen LogP contribution in [0.2, 0.25) is 0 Å². The van der Waals surface area contributed by atoms with Crippen LogP contribution in [-0.2, 0) is 0 Å². The maximum absolute atomic E-state index is 4.63. The Labute approximate surface area is 119 Å². The third-order valence-electron chi connectivity index (χ3n) is 4.54. The molecule has 2 fully saturated rings. The summed E-state index contributed by atoms with van der Waals surface area (Å²) in [6.45, 7) is 6.78. The maximum atomic E-state index is 4.63. The van der Waals surface area contributed by atoms with Crippen LogP contribution in [0.15, 0.2) is 36.5 Å². The van der Waals surface area contributed by atoms with Crippen molar-refractivity contribution in [3.63, 3.8) is 0 Å². The number of nitrogens with zero attached hydrogens (tertiary/aromatic N) is 3. The van der Waals surface area contributed by atoms with E-state index in [1.54, 1.807) is 0 Å². The highest BCUT2D eigenvalue weighted by molar-refractivity contribution is 5.92. The van der Waals surface area contributed by atoms with Gasteiger partial charge in [0.05, 0.1) is 0 Å². The molecule has 0 unspecified atom stereocenters. The van der Waals surface area contributed by atoms with Gasteiger partial charge in [-0.2, -0.15) is 0 Å². The van der Waals surface area contributed by atoms with E-state index in [2.05, 4.69) is 50.4 Å². The lowest BCUT2D eigenvalue weighted by Gasteiger charge is -2.43. The van der Waals surface area contributed by atoms with Gasteiger partial charge in [-0.3, -0.25) is 4.90 Å². The smallest absolute Gasteiger partial charge is 0.136 e. The molecule has 4 rings (SSSR count). The minimum absolute atomic E-state index is 0.762. The predicted molar refractivity (Wildman–Crippen MR) is 82.2 cm³/mol. The van der Waals surface area contributed by atoms with Crippen LogP contribution >= 0.6 is 0 Å². The molecule has 0 spiro atoms. The quantitative estimate of drug-likeness (QED) is 0.890. The number of rotatable bonds is 2. The summed E-state index contributed by atoms with van der Waals surface area (Å²) in [7, 11) is 0. The standard InChI is InChI=1S/C16H20N4/c1-2-4-15-13(3-1)5-6-18-16(15)20-9-7-19(8-10-20)14-11-17-12-14/h1-6,14,17H,7-12H2. The molecule has 0 radical (unpaired) electrons. The third-order valence-corrected chi connectivity index (χ3v) is 4.54. The zero-order valence-electron chi connectivity index (χ0n) is 11.6. The van der Waals surface area contributed by atoms with Gasteiger partial charge in [0.25, 0.3) is 0 Å². The molecule has 1 aromatic heterocycles. The fourth-order valence-corrected chi connectivity index (χ4v) is 3.19. The zero-order valence-corrected chi connectivity index (χ0v) is 11.6. The van der Waals surface area contributed by atoms with E-state index in [1.165, 1.54) is 10.8 Å². The van der Waals surface area contributed by atoms with Crippen LogP contribution in [0, 0.1) is 0 Å². The normalized spacial score (nSPS) is 21.1. The first-order valence-electron chi connectivity index (χ1n) is 7.45.